The van der Waals surface area contributed by atoms with Gasteiger partial charge in [0.05, 0.1) is 43.5 Å². The van der Waals surface area contributed by atoms with Crippen molar-refractivity contribution in [1.82, 2.24) is 18.9 Å². The van der Waals surface area contributed by atoms with Crippen molar-refractivity contribution in [2.75, 3.05) is 0 Å². The summed E-state index contributed by atoms with van der Waals surface area (Å²) < 4.78 is 7.51. The molecule has 0 N–H and O–H groups in total. The van der Waals surface area contributed by atoms with Crippen LogP contribution in [-0.2, 0) is 0 Å². The van der Waals surface area contributed by atoms with Gasteiger partial charge in [-0.25, -0.2) is 9.97 Å². The Morgan fingerprint density at radius 3 is 1.92 bits per heavy atom. The lowest BCUT2D eigenvalue weighted by atomic mass is 9.95. The van der Waals surface area contributed by atoms with E-state index in [-0.39, 0.29) is 0 Å². The Morgan fingerprint density at radius 1 is 0.390 bits per heavy atom. The maximum atomic E-state index is 5.64. The van der Waals surface area contributed by atoms with Gasteiger partial charge in [-0.2, -0.15) is 0 Å². The quantitative estimate of drug-likeness (QED) is 0.168. The molecule has 0 spiro atoms. The molecule has 0 amide bonds. The summed E-state index contributed by atoms with van der Waals surface area (Å²) in [7, 11) is 0. The molecular formula is C54H30N4S. The smallest absolute Gasteiger partial charge is 0.235 e. The summed E-state index contributed by atoms with van der Waals surface area (Å²) in [6.45, 7) is 0. The van der Waals surface area contributed by atoms with Gasteiger partial charge in [-0.15, -0.1) is 11.3 Å². The molecule has 0 saturated carbocycles. The Morgan fingerprint density at radius 2 is 1.02 bits per heavy atom. The van der Waals surface area contributed by atoms with Crippen molar-refractivity contribution in [3.63, 3.8) is 0 Å². The average molecular weight is 767 g/mol. The maximum Gasteiger partial charge on any atom is 0.235 e. The van der Waals surface area contributed by atoms with Crippen molar-refractivity contribution >= 4 is 113 Å². The third kappa shape index (κ3) is 4.11. The summed E-state index contributed by atoms with van der Waals surface area (Å²) in [5, 5.41) is 13.3. The highest BCUT2D eigenvalue weighted by molar-refractivity contribution is 7.26. The van der Waals surface area contributed by atoms with Gasteiger partial charge in [0.15, 0.2) is 0 Å². The molecule has 0 saturated heterocycles. The van der Waals surface area contributed by atoms with Crippen molar-refractivity contribution in [3.8, 4) is 28.3 Å². The molecule has 5 aromatic heterocycles. The third-order valence-electron chi connectivity index (χ3n) is 12.7. The molecule has 14 rings (SSSR count). The SMILES string of the molecule is c1ccc(-c2ccccc2-c2nc(-n3c4cccc5c6cccc7c8ccc9c%10ccccc%10sc9c8n(c8cccc3c8c54)c67)nc3c2ccc2ccccc23)cc1. The molecule has 0 radical (unpaired) electrons. The summed E-state index contributed by atoms with van der Waals surface area (Å²) in [5.74, 6) is 0.657. The summed E-state index contributed by atoms with van der Waals surface area (Å²) >= 11 is 1.90. The molecule has 0 aliphatic heterocycles. The molecule has 14 aromatic rings. The van der Waals surface area contributed by atoms with Gasteiger partial charge in [0.25, 0.3) is 0 Å². The van der Waals surface area contributed by atoms with E-state index in [4.69, 9.17) is 9.97 Å². The first-order valence-electron chi connectivity index (χ1n) is 20.1. The van der Waals surface area contributed by atoms with E-state index >= 15 is 0 Å². The van der Waals surface area contributed by atoms with Crippen LogP contribution < -0.4 is 0 Å². The first-order valence-corrected chi connectivity index (χ1v) is 20.9. The predicted molar refractivity (Wildman–Crippen MR) is 250 cm³/mol. The Hall–Kier alpha value is -7.60. The molecule has 5 heterocycles. The van der Waals surface area contributed by atoms with Gasteiger partial charge in [-0.3, -0.25) is 4.57 Å². The molecular weight excluding hydrogens is 737 g/mol. The number of fused-ring (bicyclic) bond motifs is 12. The highest BCUT2D eigenvalue weighted by atomic mass is 32.1. The molecule has 5 heteroatoms. The molecule has 272 valence electrons. The molecule has 0 fully saturated rings. The lowest BCUT2D eigenvalue weighted by Crippen LogP contribution is -2.04. The molecule has 4 nitrogen and oxygen atoms in total. The summed E-state index contributed by atoms with van der Waals surface area (Å²) in [5.41, 5.74) is 11.1. The summed E-state index contributed by atoms with van der Waals surface area (Å²) in [6.07, 6.45) is 0. The van der Waals surface area contributed by atoms with Crippen LogP contribution in [0.2, 0.25) is 0 Å². The Bertz CT molecular complexity index is 4080. The van der Waals surface area contributed by atoms with Gasteiger partial charge in [0.2, 0.25) is 5.95 Å². The van der Waals surface area contributed by atoms with Crippen LogP contribution in [0, 0.1) is 0 Å². The van der Waals surface area contributed by atoms with Crippen LogP contribution in [0.15, 0.2) is 182 Å². The van der Waals surface area contributed by atoms with Gasteiger partial charge < -0.3 is 4.40 Å². The molecule has 59 heavy (non-hydrogen) atoms. The van der Waals surface area contributed by atoms with E-state index in [1.165, 1.54) is 69.0 Å². The van der Waals surface area contributed by atoms with Crippen LogP contribution in [0.4, 0.5) is 0 Å². The van der Waals surface area contributed by atoms with E-state index < -0.39 is 0 Å². The second-order valence-electron chi connectivity index (χ2n) is 15.6. The zero-order chi connectivity index (χ0) is 38.3. The van der Waals surface area contributed by atoms with E-state index in [0.29, 0.717) is 5.95 Å². The fourth-order valence-electron chi connectivity index (χ4n) is 10.2. The van der Waals surface area contributed by atoms with Crippen LogP contribution in [0.25, 0.3) is 130 Å². The first-order chi connectivity index (χ1) is 29.3. The van der Waals surface area contributed by atoms with Gasteiger partial charge in [-0.1, -0.05) is 152 Å². The Kier molecular flexibility index (Phi) is 6.14. The second kappa shape index (κ2) is 11.5. The van der Waals surface area contributed by atoms with E-state index in [9.17, 15) is 0 Å². The van der Waals surface area contributed by atoms with Crippen LogP contribution in [-0.4, -0.2) is 18.9 Å². The topological polar surface area (TPSA) is 35.1 Å². The Labute approximate surface area is 340 Å². The highest BCUT2D eigenvalue weighted by Crippen LogP contribution is 2.47. The van der Waals surface area contributed by atoms with Gasteiger partial charge in [-0.05, 0) is 52.2 Å². The number of nitrogens with zero attached hydrogens (tertiary/aromatic N) is 4. The first kappa shape index (κ1) is 31.5. The van der Waals surface area contributed by atoms with Gasteiger partial charge in [0, 0.05) is 58.7 Å². The summed E-state index contributed by atoms with van der Waals surface area (Å²) in [4.78, 5) is 11.2. The minimum Gasteiger partial charge on any atom is -0.306 e. The van der Waals surface area contributed by atoms with Crippen LogP contribution >= 0.6 is 11.3 Å². The fraction of sp³-hybridized carbons (Fsp3) is 0. The van der Waals surface area contributed by atoms with Crippen molar-refractivity contribution in [2.24, 2.45) is 0 Å². The zero-order valence-electron chi connectivity index (χ0n) is 31.5. The second-order valence-corrected chi connectivity index (χ2v) is 16.7. The monoisotopic (exact) mass is 766 g/mol. The minimum atomic E-state index is 0.657. The van der Waals surface area contributed by atoms with E-state index in [1.54, 1.807) is 0 Å². The van der Waals surface area contributed by atoms with Crippen LogP contribution in [0.1, 0.15) is 0 Å². The molecule has 0 aliphatic rings. The average Bonchev–Trinajstić information content (AvgIpc) is 3.94. The Balaban J connectivity index is 1.18. The lowest BCUT2D eigenvalue weighted by molar-refractivity contribution is 1.02. The number of rotatable bonds is 3. The van der Waals surface area contributed by atoms with Gasteiger partial charge in [0.1, 0.15) is 0 Å². The zero-order valence-corrected chi connectivity index (χ0v) is 32.3. The largest absolute Gasteiger partial charge is 0.306 e. The molecule has 0 atom stereocenters. The standard InChI is InChI=1S/C54H30N4S/c1-2-13-31(14-3-1)33-16-6-7-19-37(33)50-42-28-27-32-15-4-5-17-34(32)49(42)55-54(56-50)57-43-23-11-20-36-38-21-10-22-39-40-29-30-41-35-18-8-9-26-46(35)59-53(41)52(40)58(51(38)39)45-25-12-24-44(57)48(45)47(36)43/h1-30H. The number of aromatic nitrogens is 4. The number of hydrogen-bond acceptors (Lipinski definition) is 3. The van der Waals surface area contributed by atoms with Crippen molar-refractivity contribution in [3.05, 3.63) is 182 Å². The number of benzene rings is 9. The third-order valence-corrected chi connectivity index (χ3v) is 13.9. The van der Waals surface area contributed by atoms with Crippen LogP contribution in [0.3, 0.4) is 0 Å². The number of para-hydroxylation sites is 1. The normalized spacial score (nSPS) is 12.4. The molecule has 0 aliphatic carbocycles. The van der Waals surface area contributed by atoms with Gasteiger partial charge >= 0.3 is 0 Å². The fourth-order valence-corrected chi connectivity index (χ4v) is 11.5. The van der Waals surface area contributed by atoms with E-state index in [1.807, 2.05) is 11.3 Å². The van der Waals surface area contributed by atoms with Crippen molar-refractivity contribution in [2.45, 2.75) is 0 Å². The molecule has 0 bridgehead atoms. The number of hydrogen-bond donors (Lipinski definition) is 0. The molecule has 9 aromatic carbocycles. The lowest BCUT2D eigenvalue weighted by Gasteiger charge is -2.16. The van der Waals surface area contributed by atoms with Crippen LogP contribution in [0.5, 0.6) is 0 Å². The van der Waals surface area contributed by atoms with Crippen molar-refractivity contribution < 1.29 is 0 Å². The predicted octanol–water partition coefficient (Wildman–Crippen LogP) is 14.7. The molecule has 0 unspecified atom stereocenters. The minimum absolute atomic E-state index is 0.657. The maximum absolute atomic E-state index is 5.64. The number of thiophene rings is 1. The summed E-state index contributed by atoms with van der Waals surface area (Å²) in [6, 6.07) is 66.1. The van der Waals surface area contributed by atoms with E-state index in [2.05, 4.69) is 191 Å². The highest BCUT2D eigenvalue weighted by Gasteiger charge is 2.25. The van der Waals surface area contributed by atoms with Crippen molar-refractivity contribution in [1.29, 1.82) is 0 Å². The van der Waals surface area contributed by atoms with E-state index in [0.717, 1.165) is 55.1 Å².